The number of pyridine rings is 1. The zero-order valence-electron chi connectivity index (χ0n) is 10.1. The molecule has 0 bridgehead atoms. The number of hydrogen-bond acceptors (Lipinski definition) is 4. The summed E-state index contributed by atoms with van der Waals surface area (Å²) in [6.07, 6.45) is 1.48. The van der Waals surface area contributed by atoms with Crippen LogP contribution < -0.4 is 4.74 Å². The van der Waals surface area contributed by atoms with Crippen molar-refractivity contribution in [2.75, 3.05) is 0 Å². The predicted molar refractivity (Wildman–Crippen MR) is 67.2 cm³/mol. The number of aryl methyl sites for hydroxylation is 1. The van der Waals surface area contributed by atoms with Gasteiger partial charge in [-0.15, -0.1) is 0 Å². The van der Waals surface area contributed by atoms with Gasteiger partial charge in [0, 0.05) is 12.3 Å². The van der Waals surface area contributed by atoms with Gasteiger partial charge in [-0.25, -0.2) is 9.78 Å². The standard InChI is InChI=1S/C14H10N2O3/c1-9-6-11(14(17)18)2-3-12(9)19-13-7-10(8-15)4-5-16-13/h2-7H,1H3,(H,17,18). The van der Waals surface area contributed by atoms with Crippen molar-refractivity contribution in [2.45, 2.75) is 6.92 Å². The third-order valence-electron chi connectivity index (χ3n) is 2.50. The third-order valence-corrected chi connectivity index (χ3v) is 2.50. The largest absolute Gasteiger partial charge is 0.478 e. The van der Waals surface area contributed by atoms with Gasteiger partial charge >= 0.3 is 5.97 Å². The highest BCUT2D eigenvalue weighted by atomic mass is 16.5. The maximum atomic E-state index is 10.8. The monoisotopic (exact) mass is 254 g/mol. The minimum Gasteiger partial charge on any atom is -0.478 e. The summed E-state index contributed by atoms with van der Waals surface area (Å²) in [5.41, 5.74) is 1.33. The van der Waals surface area contributed by atoms with Crippen molar-refractivity contribution >= 4 is 5.97 Å². The van der Waals surface area contributed by atoms with Gasteiger partial charge < -0.3 is 9.84 Å². The average molecular weight is 254 g/mol. The maximum absolute atomic E-state index is 10.8. The Morgan fingerprint density at radius 2 is 2.16 bits per heavy atom. The van der Waals surface area contributed by atoms with Crippen LogP contribution in [0.1, 0.15) is 21.5 Å². The minimum absolute atomic E-state index is 0.198. The molecule has 0 saturated carbocycles. The van der Waals surface area contributed by atoms with Crippen LogP contribution in [0.3, 0.4) is 0 Å². The molecule has 5 nitrogen and oxygen atoms in total. The Morgan fingerprint density at radius 1 is 1.37 bits per heavy atom. The third kappa shape index (κ3) is 2.87. The van der Waals surface area contributed by atoms with Crippen LogP contribution in [0.25, 0.3) is 0 Å². The molecule has 0 atom stereocenters. The van der Waals surface area contributed by atoms with Crippen LogP contribution in [0.4, 0.5) is 0 Å². The van der Waals surface area contributed by atoms with Crippen molar-refractivity contribution in [3.8, 4) is 17.7 Å². The lowest BCUT2D eigenvalue weighted by molar-refractivity contribution is 0.0697. The van der Waals surface area contributed by atoms with Crippen LogP contribution in [-0.2, 0) is 0 Å². The molecule has 1 aromatic carbocycles. The first-order valence-corrected chi connectivity index (χ1v) is 5.48. The van der Waals surface area contributed by atoms with Crippen molar-refractivity contribution in [1.82, 2.24) is 4.98 Å². The summed E-state index contributed by atoms with van der Waals surface area (Å²) < 4.78 is 5.53. The van der Waals surface area contributed by atoms with Crippen molar-refractivity contribution < 1.29 is 14.6 Å². The summed E-state index contributed by atoms with van der Waals surface area (Å²) in [5.74, 6) is -0.183. The number of nitrogens with zero attached hydrogens (tertiary/aromatic N) is 2. The van der Waals surface area contributed by atoms with E-state index in [4.69, 9.17) is 15.1 Å². The van der Waals surface area contributed by atoms with Gasteiger partial charge in [-0.3, -0.25) is 0 Å². The van der Waals surface area contributed by atoms with E-state index in [1.807, 2.05) is 6.07 Å². The molecule has 0 unspecified atom stereocenters. The van der Waals surface area contributed by atoms with E-state index < -0.39 is 5.97 Å². The summed E-state index contributed by atoms with van der Waals surface area (Å²) in [4.78, 5) is 14.8. The summed E-state index contributed by atoms with van der Waals surface area (Å²) >= 11 is 0. The van der Waals surface area contributed by atoms with Crippen LogP contribution in [0.5, 0.6) is 11.6 Å². The van der Waals surface area contributed by atoms with E-state index in [2.05, 4.69) is 4.98 Å². The normalized spacial score (nSPS) is 9.68. The number of aromatic nitrogens is 1. The molecule has 2 aromatic rings. The number of aromatic carboxylic acids is 1. The molecule has 5 heteroatoms. The molecule has 0 aliphatic carbocycles. The van der Waals surface area contributed by atoms with Crippen LogP contribution in [0.2, 0.25) is 0 Å². The fourth-order valence-corrected chi connectivity index (χ4v) is 1.54. The fourth-order valence-electron chi connectivity index (χ4n) is 1.54. The highest BCUT2D eigenvalue weighted by Crippen LogP contribution is 2.24. The first kappa shape index (κ1) is 12.6. The summed E-state index contributed by atoms with van der Waals surface area (Å²) in [6, 6.07) is 9.63. The smallest absolute Gasteiger partial charge is 0.335 e. The second-order valence-electron chi connectivity index (χ2n) is 3.88. The van der Waals surface area contributed by atoms with Gasteiger partial charge in [-0.05, 0) is 36.8 Å². The molecule has 0 amide bonds. The lowest BCUT2D eigenvalue weighted by Crippen LogP contribution is -1.98. The van der Waals surface area contributed by atoms with Crippen LogP contribution in [0.15, 0.2) is 36.5 Å². The molecular weight excluding hydrogens is 244 g/mol. The second kappa shape index (κ2) is 5.19. The first-order valence-electron chi connectivity index (χ1n) is 5.48. The predicted octanol–water partition coefficient (Wildman–Crippen LogP) is 2.75. The molecule has 0 fully saturated rings. The number of ether oxygens (including phenoxy) is 1. The Balaban J connectivity index is 2.28. The molecule has 1 heterocycles. The van der Waals surface area contributed by atoms with Gasteiger partial charge in [0.25, 0.3) is 0 Å². The van der Waals surface area contributed by atoms with Gasteiger partial charge in [0.2, 0.25) is 5.88 Å². The van der Waals surface area contributed by atoms with E-state index >= 15 is 0 Å². The number of nitriles is 1. The summed E-state index contributed by atoms with van der Waals surface area (Å²) in [7, 11) is 0. The molecule has 0 saturated heterocycles. The number of carbonyl (C=O) groups is 1. The minimum atomic E-state index is -0.987. The van der Waals surface area contributed by atoms with Crippen LogP contribution in [0, 0.1) is 18.3 Å². The summed E-state index contributed by atoms with van der Waals surface area (Å²) in [6.45, 7) is 1.75. The molecule has 1 N–H and O–H groups in total. The molecule has 94 valence electrons. The van der Waals surface area contributed by atoms with Crippen molar-refractivity contribution in [3.05, 3.63) is 53.2 Å². The Morgan fingerprint density at radius 3 is 2.79 bits per heavy atom. The fraction of sp³-hybridized carbons (Fsp3) is 0.0714. The van der Waals surface area contributed by atoms with Gasteiger partial charge in [0.05, 0.1) is 17.2 Å². The lowest BCUT2D eigenvalue weighted by Gasteiger charge is -2.08. The van der Waals surface area contributed by atoms with E-state index in [1.165, 1.54) is 24.4 Å². The van der Waals surface area contributed by atoms with Crippen molar-refractivity contribution in [3.63, 3.8) is 0 Å². The van der Waals surface area contributed by atoms with Crippen LogP contribution >= 0.6 is 0 Å². The van der Waals surface area contributed by atoms with Gasteiger partial charge in [0.15, 0.2) is 0 Å². The van der Waals surface area contributed by atoms with Crippen molar-refractivity contribution in [2.24, 2.45) is 0 Å². The molecule has 19 heavy (non-hydrogen) atoms. The van der Waals surface area contributed by atoms with Crippen LogP contribution in [-0.4, -0.2) is 16.1 Å². The Bertz CT molecular complexity index is 675. The molecule has 0 aliphatic heterocycles. The average Bonchev–Trinajstić information content (AvgIpc) is 2.41. The van der Waals surface area contributed by atoms with Gasteiger partial charge in [0.1, 0.15) is 5.75 Å². The van der Waals surface area contributed by atoms with E-state index in [0.717, 1.165) is 0 Å². The number of hydrogen-bond donors (Lipinski definition) is 1. The first-order chi connectivity index (χ1) is 9.10. The number of carboxylic acids is 1. The van der Waals surface area contributed by atoms with E-state index in [9.17, 15) is 4.79 Å². The zero-order chi connectivity index (χ0) is 13.8. The molecular formula is C14H10N2O3. The van der Waals surface area contributed by atoms with E-state index in [1.54, 1.807) is 19.1 Å². The topological polar surface area (TPSA) is 83.2 Å². The molecule has 1 aromatic heterocycles. The zero-order valence-corrected chi connectivity index (χ0v) is 10.1. The molecule has 0 radical (unpaired) electrons. The highest BCUT2D eigenvalue weighted by molar-refractivity contribution is 5.88. The highest BCUT2D eigenvalue weighted by Gasteiger charge is 2.08. The lowest BCUT2D eigenvalue weighted by atomic mass is 10.1. The van der Waals surface area contributed by atoms with Crippen molar-refractivity contribution in [1.29, 1.82) is 5.26 Å². The Labute approximate surface area is 109 Å². The second-order valence-corrected chi connectivity index (χ2v) is 3.88. The SMILES string of the molecule is Cc1cc(C(=O)O)ccc1Oc1cc(C#N)ccn1. The Kier molecular flexibility index (Phi) is 3.44. The molecule has 0 aliphatic rings. The van der Waals surface area contributed by atoms with Gasteiger partial charge in [-0.2, -0.15) is 5.26 Å². The maximum Gasteiger partial charge on any atom is 0.335 e. The number of benzene rings is 1. The number of carboxylic acid groups (broad SMARTS) is 1. The summed E-state index contributed by atoms with van der Waals surface area (Å²) in [5, 5.41) is 17.7. The quantitative estimate of drug-likeness (QED) is 0.910. The van der Waals surface area contributed by atoms with E-state index in [-0.39, 0.29) is 5.56 Å². The number of rotatable bonds is 3. The Hall–Kier alpha value is -2.87. The molecule has 2 rings (SSSR count). The molecule has 0 spiro atoms. The van der Waals surface area contributed by atoms with Gasteiger partial charge in [-0.1, -0.05) is 0 Å². The van der Waals surface area contributed by atoms with E-state index in [0.29, 0.717) is 22.8 Å².